The molecule has 3 rings (SSSR count). The Labute approximate surface area is 173 Å². The number of carbonyl (C=O) groups is 1. The summed E-state index contributed by atoms with van der Waals surface area (Å²) in [6.07, 6.45) is 0. The third kappa shape index (κ3) is 6.13. The minimum absolute atomic E-state index is 0.0573. The first-order valence-electron chi connectivity index (χ1n) is 9.18. The highest BCUT2D eigenvalue weighted by molar-refractivity contribution is 6.00. The summed E-state index contributed by atoms with van der Waals surface area (Å²) in [6, 6.07) is 22.5. The molecule has 5 nitrogen and oxygen atoms in total. The third-order valence-corrected chi connectivity index (χ3v) is 4.19. The zero-order chi connectivity index (χ0) is 21.3. The highest BCUT2D eigenvalue weighted by atomic mass is 19.3. The highest BCUT2D eigenvalue weighted by Crippen LogP contribution is 2.15. The lowest BCUT2D eigenvalue weighted by molar-refractivity contribution is -0.0498. The van der Waals surface area contributed by atoms with Crippen LogP contribution in [0.15, 0.2) is 84.0 Å². The first kappa shape index (κ1) is 21.0. The number of amides is 1. The van der Waals surface area contributed by atoms with Crippen molar-refractivity contribution in [2.75, 3.05) is 0 Å². The van der Waals surface area contributed by atoms with Gasteiger partial charge in [-0.2, -0.15) is 13.9 Å². The molecule has 0 aliphatic rings. The lowest BCUT2D eigenvalue weighted by atomic mass is 10.1. The SMILES string of the molecule is CC(=NNC(=O)c1ccc(COc2ccccc2)cc1)c1ccc(OC(F)F)cc1. The van der Waals surface area contributed by atoms with E-state index in [0.29, 0.717) is 23.4 Å². The van der Waals surface area contributed by atoms with Gasteiger partial charge in [0.15, 0.2) is 0 Å². The summed E-state index contributed by atoms with van der Waals surface area (Å²) in [5.41, 5.74) is 5.07. The molecule has 0 spiro atoms. The van der Waals surface area contributed by atoms with Crippen molar-refractivity contribution >= 4 is 11.6 Å². The lowest BCUT2D eigenvalue weighted by Gasteiger charge is -2.07. The molecule has 3 aromatic rings. The smallest absolute Gasteiger partial charge is 0.387 e. The molecule has 0 saturated carbocycles. The summed E-state index contributed by atoms with van der Waals surface area (Å²) in [6.45, 7) is -0.775. The first-order valence-corrected chi connectivity index (χ1v) is 9.18. The fourth-order valence-electron chi connectivity index (χ4n) is 2.58. The second kappa shape index (κ2) is 10.2. The van der Waals surface area contributed by atoms with Gasteiger partial charge in [-0.1, -0.05) is 30.3 Å². The van der Waals surface area contributed by atoms with Crippen LogP contribution in [0.5, 0.6) is 11.5 Å². The number of hydrogen-bond donors (Lipinski definition) is 1. The number of hydrogen-bond acceptors (Lipinski definition) is 4. The minimum Gasteiger partial charge on any atom is -0.489 e. The van der Waals surface area contributed by atoms with E-state index in [1.807, 2.05) is 42.5 Å². The molecule has 1 amide bonds. The fourth-order valence-corrected chi connectivity index (χ4v) is 2.58. The Balaban J connectivity index is 1.54. The van der Waals surface area contributed by atoms with Gasteiger partial charge in [-0.25, -0.2) is 5.43 Å². The lowest BCUT2D eigenvalue weighted by Crippen LogP contribution is -2.19. The van der Waals surface area contributed by atoms with E-state index in [-0.39, 0.29) is 11.7 Å². The van der Waals surface area contributed by atoms with E-state index < -0.39 is 6.61 Å². The molecule has 0 aliphatic heterocycles. The van der Waals surface area contributed by atoms with E-state index in [1.54, 1.807) is 31.2 Å². The van der Waals surface area contributed by atoms with Gasteiger partial charge in [0.05, 0.1) is 5.71 Å². The van der Waals surface area contributed by atoms with E-state index >= 15 is 0 Å². The molecule has 3 aromatic carbocycles. The average Bonchev–Trinajstić information content (AvgIpc) is 2.77. The Morgan fingerprint density at radius 3 is 2.17 bits per heavy atom. The minimum atomic E-state index is -2.87. The van der Waals surface area contributed by atoms with Crippen molar-refractivity contribution < 1.29 is 23.0 Å². The Morgan fingerprint density at radius 1 is 0.900 bits per heavy atom. The van der Waals surface area contributed by atoms with Crippen molar-refractivity contribution in [1.82, 2.24) is 5.43 Å². The molecule has 1 N–H and O–H groups in total. The summed E-state index contributed by atoms with van der Waals surface area (Å²) in [5, 5.41) is 4.06. The van der Waals surface area contributed by atoms with Gasteiger partial charge >= 0.3 is 6.61 Å². The number of rotatable bonds is 8. The van der Waals surface area contributed by atoms with Crippen LogP contribution in [0.4, 0.5) is 8.78 Å². The fraction of sp³-hybridized carbons (Fsp3) is 0.130. The summed E-state index contributed by atoms with van der Waals surface area (Å²) >= 11 is 0. The zero-order valence-electron chi connectivity index (χ0n) is 16.2. The molecule has 30 heavy (non-hydrogen) atoms. The van der Waals surface area contributed by atoms with Gasteiger partial charge < -0.3 is 9.47 Å². The van der Waals surface area contributed by atoms with E-state index in [2.05, 4.69) is 15.3 Å². The Kier molecular flexibility index (Phi) is 7.10. The van der Waals surface area contributed by atoms with Crippen LogP contribution in [-0.4, -0.2) is 18.2 Å². The maximum Gasteiger partial charge on any atom is 0.387 e. The molecule has 0 heterocycles. The number of halogens is 2. The topological polar surface area (TPSA) is 59.9 Å². The number of ether oxygens (including phenoxy) is 2. The van der Waals surface area contributed by atoms with Crippen LogP contribution < -0.4 is 14.9 Å². The molecular weight excluding hydrogens is 390 g/mol. The summed E-state index contributed by atoms with van der Waals surface area (Å²) in [5.74, 6) is 0.474. The predicted octanol–water partition coefficient (Wildman–Crippen LogP) is 5.02. The zero-order valence-corrected chi connectivity index (χ0v) is 16.2. The number of carbonyl (C=O) groups excluding carboxylic acids is 1. The normalized spacial score (nSPS) is 11.3. The van der Waals surface area contributed by atoms with Crippen molar-refractivity contribution in [2.24, 2.45) is 5.10 Å². The van der Waals surface area contributed by atoms with Crippen molar-refractivity contribution in [2.45, 2.75) is 20.1 Å². The molecule has 0 fully saturated rings. The molecule has 0 atom stereocenters. The van der Waals surface area contributed by atoms with Gasteiger partial charge in [0.1, 0.15) is 18.1 Å². The second-order valence-corrected chi connectivity index (χ2v) is 6.34. The molecule has 0 aromatic heterocycles. The quantitative estimate of drug-likeness (QED) is 0.419. The molecule has 0 bridgehead atoms. The third-order valence-electron chi connectivity index (χ3n) is 4.19. The van der Waals surface area contributed by atoms with Crippen molar-refractivity contribution in [3.8, 4) is 11.5 Å². The molecule has 0 radical (unpaired) electrons. The Hall–Kier alpha value is -3.74. The summed E-state index contributed by atoms with van der Waals surface area (Å²) in [7, 11) is 0. The number of alkyl halides is 2. The molecular formula is C23H20F2N2O3. The molecule has 0 unspecified atom stereocenters. The van der Waals surface area contributed by atoms with E-state index in [0.717, 1.165) is 11.3 Å². The van der Waals surface area contributed by atoms with Crippen LogP contribution in [0.1, 0.15) is 28.4 Å². The number of para-hydroxylation sites is 1. The predicted molar refractivity (Wildman–Crippen MR) is 110 cm³/mol. The van der Waals surface area contributed by atoms with Gasteiger partial charge in [-0.05, 0) is 66.6 Å². The maximum absolute atomic E-state index is 12.3. The van der Waals surface area contributed by atoms with Crippen LogP contribution in [-0.2, 0) is 6.61 Å². The van der Waals surface area contributed by atoms with Crippen molar-refractivity contribution in [3.05, 3.63) is 95.6 Å². The van der Waals surface area contributed by atoms with Crippen LogP contribution in [0, 0.1) is 0 Å². The van der Waals surface area contributed by atoms with Gasteiger partial charge in [0, 0.05) is 5.56 Å². The van der Waals surface area contributed by atoms with E-state index in [9.17, 15) is 13.6 Å². The number of benzene rings is 3. The average molecular weight is 410 g/mol. The molecule has 0 saturated heterocycles. The van der Waals surface area contributed by atoms with Gasteiger partial charge in [0.2, 0.25) is 0 Å². The van der Waals surface area contributed by atoms with Crippen molar-refractivity contribution in [3.63, 3.8) is 0 Å². The standard InChI is InChI=1S/C23H20F2N2O3/c1-16(18-11-13-21(14-12-18)30-23(24)25)26-27-22(28)19-9-7-17(8-10-19)15-29-20-5-3-2-4-6-20/h2-14,23H,15H2,1H3,(H,27,28). The molecule has 0 aliphatic carbocycles. The monoisotopic (exact) mass is 410 g/mol. The van der Waals surface area contributed by atoms with Gasteiger partial charge in [-0.15, -0.1) is 0 Å². The van der Waals surface area contributed by atoms with Crippen LogP contribution >= 0.6 is 0 Å². The van der Waals surface area contributed by atoms with E-state index in [1.165, 1.54) is 12.1 Å². The maximum atomic E-state index is 12.3. The van der Waals surface area contributed by atoms with Crippen LogP contribution in [0.2, 0.25) is 0 Å². The first-order chi connectivity index (χ1) is 14.5. The van der Waals surface area contributed by atoms with Crippen molar-refractivity contribution in [1.29, 1.82) is 0 Å². The highest BCUT2D eigenvalue weighted by Gasteiger charge is 2.07. The second-order valence-electron chi connectivity index (χ2n) is 6.34. The van der Waals surface area contributed by atoms with Crippen LogP contribution in [0.3, 0.4) is 0 Å². The number of nitrogens with one attached hydrogen (secondary N) is 1. The Bertz CT molecular complexity index is 989. The van der Waals surface area contributed by atoms with Gasteiger partial charge in [0.25, 0.3) is 5.91 Å². The summed E-state index contributed by atoms with van der Waals surface area (Å²) in [4.78, 5) is 12.3. The summed E-state index contributed by atoms with van der Waals surface area (Å²) < 4.78 is 34.4. The Morgan fingerprint density at radius 2 is 1.53 bits per heavy atom. The van der Waals surface area contributed by atoms with Crippen LogP contribution in [0.25, 0.3) is 0 Å². The molecule has 154 valence electrons. The molecule has 7 heteroatoms. The largest absolute Gasteiger partial charge is 0.489 e. The van der Waals surface area contributed by atoms with Gasteiger partial charge in [-0.3, -0.25) is 4.79 Å². The van der Waals surface area contributed by atoms with E-state index in [4.69, 9.17) is 4.74 Å². The number of hydrazone groups is 1. The number of nitrogens with zero attached hydrogens (tertiary/aromatic N) is 1.